The van der Waals surface area contributed by atoms with E-state index < -0.39 is 0 Å². The summed E-state index contributed by atoms with van der Waals surface area (Å²) >= 11 is 18.1. The molecule has 5 heterocycles. The Labute approximate surface area is 387 Å². The van der Waals surface area contributed by atoms with Crippen LogP contribution >= 0.6 is 34.8 Å². The van der Waals surface area contributed by atoms with Crippen LogP contribution in [0.4, 0.5) is 4.39 Å². The molecule has 0 amide bonds. The normalized spacial score (nSPS) is 10.8. The molecule has 5 aromatic heterocycles. The fourth-order valence-electron chi connectivity index (χ4n) is 5.92. The lowest BCUT2D eigenvalue weighted by atomic mass is 10.1. The first-order valence-electron chi connectivity index (χ1n) is 20.3. The summed E-state index contributed by atoms with van der Waals surface area (Å²) in [5, 5.41) is 1.56. The Balaban J connectivity index is 0.000000161. The summed E-state index contributed by atoms with van der Waals surface area (Å²) in [5.74, 6) is 3.01. The van der Waals surface area contributed by atoms with Crippen molar-refractivity contribution in [2.24, 2.45) is 0 Å². The molecule has 0 bridgehead atoms. The van der Waals surface area contributed by atoms with Crippen LogP contribution in [-0.2, 0) is 0 Å². The minimum absolute atomic E-state index is 0.106. The summed E-state index contributed by atoms with van der Waals surface area (Å²) in [5.41, 5.74) is 5.83. The maximum absolute atomic E-state index is 13.9. The Hall–Kier alpha value is -6.53. The van der Waals surface area contributed by atoms with Crippen LogP contribution in [0.3, 0.4) is 0 Å². The van der Waals surface area contributed by atoms with Crippen molar-refractivity contribution in [3.8, 4) is 74.1 Å². The Kier molecular flexibility index (Phi) is 16.7. The van der Waals surface area contributed by atoms with Crippen LogP contribution in [0.5, 0.6) is 17.2 Å². The van der Waals surface area contributed by atoms with Gasteiger partial charge in [0, 0.05) is 63.7 Å². The smallest absolute Gasteiger partial charge is 0.178 e. The SMILES string of the molecule is CC(C)Oc1ccc(-c2cc(Cl)cc(-c3ncccn3)n2)cc1.CC(C)Oc1ccc(-c2cc(Cl)cc(Cl)n2)cc1.CC(C)Oc1ccc(-c2cc(F)cc(-c3ncccn3)n2)cc1. The summed E-state index contributed by atoms with van der Waals surface area (Å²) in [6, 6.07) is 36.1. The molecule has 0 fully saturated rings. The molecule has 326 valence electrons. The predicted molar refractivity (Wildman–Crippen MR) is 253 cm³/mol. The second-order valence-corrected chi connectivity index (χ2v) is 16.1. The fraction of sp³-hybridized carbons (Fsp3) is 0.180. The summed E-state index contributed by atoms with van der Waals surface area (Å²) in [6.07, 6.45) is 6.99. The van der Waals surface area contributed by atoms with Crippen molar-refractivity contribution < 1.29 is 18.6 Å². The van der Waals surface area contributed by atoms with Gasteiger partial charge in [0.2, 0.25) is 0 Å². The van der Waals surface area contributed by atoms with E-state index in [0.717, 1.165) is 45.3 Å². The van der Waals surface area contributed by atoms with Crippen LogP contribution in [0.1, 0.15) is 41.5 Å². The molecular formula is C50H45Cl3FN7O3. The van der Waals surface area contributed by atoms with Crippen molar-refractivity contribution in [3.63, 3.8) is 0 Å². The van der Waals surface area contributed by atoms with Crippen LogP contribution in [0.2, 0.25) is 15.2 Å². The third-order valence-electron chi connectivity index (χ3n) is 8.49. The monoisotopic (exact) mass is 915 g/mol. The minimum Gasteiger partial charge on any atom is -0.491 e. The zero-order valence-corrected chi connectivity index (χ0v) is 38.2. The van der Waals surface area contributed by atoms with Gasteiger partial charge in [-0.2, -0.15) is 0 Å². The first-order valence-corrected chi connectivity index (χ1v) is 21.5. The molecule has 0 saturated carbocycles. The Morgan fingerprint density at radius 3 is 1.09 bits per heavy atom. The average molecular weight is 917 g/mol. The average Bonchev–Trinajstić information content (AvgIpc) is 3.27. The van der Waals surface area contributed by atoms with Gasteiger partial charge in [0.1, 0.15) is 39.6 Å². The number of aromatic nitrogens is 7. The fourth-order valence-corrected chi connectivity index (χ4v) is 6.60. The van der Waals surface area contributed by atoms with Gasteiger partial charge in [-0.3, -0.25) is 0 Å². The number of nitrogens with zero attached hydrogens (tertiary/aromatic N) is 7. The highest BCUT2D eigenvalue weighted by Gasteiger charge is 2.11. The van der Waals surface area contributed by atoms with E-state index in [0.29, 0.717) is 43.9 Å². The number of pyridine rings is 3. The van der Waals surface area contributed by atoms with Crippen molar-refractivity contribution in [1.82, 2.24) is 34.9 Å². The largest absolute Gasteiger partial charge is 0.491 e. The third kappa shape index (κ3) is 14.2. The van der Waals surface area contributed by atoms with Gasteiger partial charge in [0.25, 0.3) is 0 Å². The van der Waals surface area contributed by atoms with Crippen molar-refractivity contribution in [3.05, 3.63) is 167 Å². The summed E-state index contributed by atoms with van der Waals surface area (Å²) in [6.45, 7) is 11.9. The maximum atomic E-state index is 13.9. The van der Waals surface area contributed by atoms with Crippen LogP contribution in [0.25, 0.3) is 56.8 Å². The zero-order valence-electron chi connectivity index (χ0n) is 36.0. The van der Waals surface area contributed by atoms with Gasteiger partial charge in [-0.1, -0.05) is 34.8 Å². The molecule has 64 heavy (non-hydrogen) atoms. The summed E-state index contributed by atoms with van der Waals surface area (Å²) in [4.78, 5) is 30.0. The van der Waals surface area contributed by atoms with E-state index >= 15 is 0 Å². The molecule has 3 aromatic carbocycles. The van der Waals surface area contributed by atoms with Crippen LogP contribution < -0.4 is 14.2 Å². The van der Waals surface area contributed by atoms with Crippen molar-refractivity contribution in [1.29, 1.82) is 0 Å². The standard InChI is InChI=1S/C18H16ClN3O.C18H16FN3O.C14H13Cl2NO/c2*1-12(2)23-15-6-4-13(5-7-15)16-10-14(19)11-17(22-16)18-20-8-3-9-21-18;1-9(2)18-12-5-3-10(4-6-12)13-7-11(15)8-14(16)17-13/h2*3-12H,1-2H3;3-9H,1-2H3. The summed E-state index contributed by atoms with van der Waals surface area (Å²) in [7, 11) is 0. The first-order chi connectivity index (χ1) is 30.8. The molecule has 0 aliphatic heterocycles. The van der Waals surface area contributed by atoms with E-state index in [1.54, 1.807) is 55.1 Å². The summed E-state index contributed by atoms with van der Waals surface area (Å²) < 4.78 is 30.8. The van der Waals surface area contributed by atoms with E-state index in [2.05, 4.69) is 34.9 Å². The van der Waals surface area contributed by atoms with E-state index in [4.69, 9.17) is 49.0 Å². The van der Waals surface area contributed by atoms with Gasteiger partial charge in [0.15, 0.2) is 11.6 Å². The number of hydrogen-bond donors (Lipinski definition) is 0. The van der Waals surface area contributed by atoms with Crippen LogP contribution in [0, 0.1) is 5.82 Å². The maximum Gasteiger partial charge on any atom is 0.178 e. The molecule has 0 aliphatic rings. The highest BCUT2D eigenvalue weighted by Crippen LogP contribution is 2.29. The molecule has 0 atom stereocenters. The second-order valence-electron chi connectivity index (χ2n) is 14.8. The first kappa shape index (κ1) is 47.0. The number of hydrogen-bond acceptors (Lipinski definition) is 10. The quantitative estimate of drug-likeness (QED) is 0.116. The molecule has 10 nitrogen and oxygen atoms in total. The van der Waals surface area contributed by atoms with Crippen molar-refractivity contribution in [2.45, 2.75) is 59.9 Å². The number of ether oxygens (including phenoxy) is 3. The molecule has 0 spiro atoms. The highest BCUT2D eigenvalue weighted by molar-refractivity contribution is 6.34. The highest BCUT2D eigenvalue weighted by atomic mass is 35.5. The lowest BCUT2D eigenvalue weighted by Gasteiger charge is -2.10. The van der Waals surface area contributed by atoms with Gasteiger partial charge in [-0.05, 0) is 151 Å². The van der Waals surface area contributed by atoms with E-state index in [9.17, 15) is 4.39 Å². The molecule has 8 aromatic rings. The lowest BCUT2D eigenvalue weighted by Crippen LogP contribution is -2.05. The van der Waals surface area contributed by atoms with Gasteiger partial charge >= 0.3 is 0 Å². The van der Waals surface area contributed by atoms with Crippen LogP contribution in [-0.4, -0.2) is 53.2 Å². The van der Waals surface area contributed by atoms with E-state index in [-0.39, 0.29) is 24.1 Å². The van der Waals surface area contributed by atoms with E-state index in [1.165, 1.54) is 12.1 Å². The number of halogens is 4. The molecule has 14 heteroatoms. The molecule has 8 rings (SSSR count). The molecule has 0 radical (unpaired) electrons. The van der Waals surface area contributed by atoms with Gasteiger partial charge in [-0.25, -0.2) is 39.3 Å². The topological polar surface area (TPSA) is 118 Å². The minimum atomic E-state index is -0.375. The second kappa shape index (κ2) is 22.7. The lowest BCUT2D eigenvalue weighted by molar-refractivity contribution is 0.242. The van der Waals surface area contributed by atoms with E-state index in [1.807, 2.05) is 120 Å². The Morgan fingerprint density at radius 2 is 0.719 bits per heavy atom. The molecule has 0 saturated heterocycles. The van der Waals surface area contributed by atoms with Gasteiger partial charge in [0.05, 0.1) is 35.4 Å². The number of rotatable bonds is 11. The van der Waals surface area contributed by atoms with Gasteiger partial charge in [-0.15, -0.1) is 0 Å². The Bertz CT molecular complexity index is 2560. The Morgan fingerprint density at radius 1 is 0.406 bits per heavy atom. The van der Waals surface area contributed by atoms with Gasteiger partial charge < -0.3 is 14.2 Å². The van der Waals surface area contributed by atoms with Crippen LogP contribution in [0.15, 0.2) is 146 Å². The van der Waals surface area contributed by atoms with Crippen molar-refractivity contribution >= 4 is 34.8 Å². The van der Waals surface area contributed by atoms with Crippen molar-refractivity contribution in [2.75, 3.05) is 0 Å². The molecule has 0 aliphatic carbocycles. The molecule has 0 N–H and O–H groups in total. The zero-order chi connectivity index (χ0) is 45.6. The number of benzene rings is 3. The third-order valence-corrected chi connectivity index (χ3v) is 9.12. The predicted octanol–water partition coefficient (Wildman–Crippen LogP) is 13.6. The molecule has 0 unspecified atom stereocenters. The molecular weight excluding hydrogens is 872 g/mol.